The van der Waals surface area contributed by atoms with Crippen molar-refractivity contribution < 1.29 is 4.79 Å². The van der Waals surface area contributed by atoms with Gasteiger partial charge in [-0.3, -0.25) is 9.78 Å². The molecule has 1 saturated heterocycles. The van der Waals surface area contributed by atoms with Crippen molar-refractivity contribution in [3.63, 3.8) is 0 Å². The van der Waals surface area contributed by atoms with E-state index >= 15 is 0 Å². The van der Waals surface area contributed by atoms with E-state index in [2.05, 4.69) is 32.0 Å². The summed E-state index contributed by atoms with van der Waals surface area (Å²) >= 11 is 7.30. The fourth-order valence-electron chi connectivity index (χ4n) is 3.38. The van der Waals surface area contributed by atoms with Crippen molar-refractivity contribution in [2.24, 2.45) is 0 Å². The highest BCUT2D eigenvalue weighted by Gasteiger charge is 2.40. The van der Waals surface area contributed by atoms with Gasteiger partial charge < -0.3 is 15.5 Å². The molecule has 0 radical (unpaired) electrons. The molecule has 0 bridgehead atoms. The van der Waals surface area contributed by atoms with Crippen LogP contribution in [0.4, 0.5) is 5.69 Å². The maximum Gasteiger partial charge on any atom is 0.226 e. The number of thiophene rings is 1. The van der Waals surface area contributed by atoms with E-state index in [0.29, 0.717) is 18.1 Å². The van der Waals surface area contributed by atoms with Gasteiger partial charge in [0.25, 0.3) is 0 Å². The van der Waals surface area contributed by atoms with E-state index in [0.717, 1.165) is 11.4 Å². The Balaban J connectivity index is 1.50. The molecule has 4 rings (SSSR count). The van der Waals surface area contributed by atoms with Crippen molar-refractivity contribution >= 4 is 40.3 Å². The number of para-hydroxylation sites is 1. The van der Waals surface area contributed by atoms with E-state index in [9.17, 15) is 4.79 Å². The minimum atomic E-state index is -0.0375. The van der Waals surface area contributed by atoms with Crippen molar-refractivity contribution in [1.82, 2.24) is 15.2 Å². The molecule has 1 fully saturated rings. The van der Waals surface area contributed by atoms with Crippen molar-refractivity contribution in [3.8, 4) is 0 Å². The highest BCUT2D eigenvalue weighted by atomic mass is 32.1. The van der Waals surface area contributed by atoms with Crippen LogP contribution in [-0.4, -0.2) is 27.4 Å². The van der Waals surface area contributed by atoms with Crippen LogP contribution in [0, 0.1) is 0 Å². The highest BCUT2D eigenvalue weighted by molar-refractivity contribution is 7.80. The number of hydrogen-bond acceptors (Lipinski definition) is 4. The molecule has 0 spiro atoms. The number of amides is 1. The summed E-state index contributed by atoms with van der Waals surface area (Å²) < 4.78 is 0. The van der Waals surface area contributed by atoms with Crippen LogP contribution in [0.15, 0.2) is 72.2 Å². The highest BCUT2D eigenvalue weighted by Crippen LogP contribution is 2.40. The summed E-state index contributed by atoms with van der Waals surface area (Å²) in [5.41, 5.74) is 1.75. The van der Waals surface area contributed by atoms with Crippen LogP contribution in [0.3, 0.4) is 0 Å². The van der Waals surface area contributed by atoms with Crippen molar-refractivity contribution in [2.75, 3.05) is 11.9 Å². The Bertz CT molecular complexity index is 932. The molecule has 1 aliphatic rings. The van der Waals surface area contributed by atoms with E-state index in [1.807, 2.05) is 54.6 Å². The second-order valence-electron chi connectivity index (χ2n) is 6.50. The molecule has 7 heteroatoms. The van der Waals surface area contributed by atoms with Gasteiger partial charge in [-0.1, -0.05) is 30.3 Å². The molecule has 3 aromatic rings. The average Bonchev–Trinajstić information content (AvgIpc) is 3.35. The number of nitrogens with one attached hydrogen (secondary N) is 2. The second kappa shape index (κ2) is 8.50. The molecule has 1 aromatic carbocycles. The normalized spacial score (nSPS) is 18.7. The molecule has 2 N–H and O–H groups in total. The van der Waals surface area contributed by atoms with E-state index in [1.54, 1.807) is 17.5 Å². The molecule has 3 heterocycles. The molecule has 0 saturated carbocycles. The first kappa shape index (κ1) is 18.6. The third-order valence-corrected chi connectivity index (χ3v) is 5.97. The number of aromatic nitrogens is 1. The number of rotatable bonds is 6. The Kier molecular flexibility index (Phi) is 5.64. The third-order valence-electron chi connectivity index (χ3n) is 4.67. The molecule has 1 aliphatic heterocycles. The average molecular weight is 409 g/mol. The van der Waals surface area contributed by atoms with Gasteiger partial charge in [0.1, 0.15) is 0 Å². The summed E-state index contributed by atoms with van der Waals surface area (Å²) in [6.07, 6.45) is 2.15. The van der Waals surface area contributed by atoms with Crippen molar-refractivity contribution in [3.05, 3.63) is 82.8 Å². The molecule has 142 valence electrons. The van der Waals surface area contributed by atoms with Crippen molar-refractivity contribution in [1.29, 1.82) is 0 Å². The smallest absolute Gasteiger partial charge is 0.226 e. The first-order valence-corrected chi connectivity index (χ1v) is 10.4. The summed E-state index contributed by atoms with van der Waals surface area (Å²) in [6.45, 7) is 0.538. The number of benzene rings is 1. The van der Waals surface area contributed by atoms with Crippen LogP contribution >= 0.6 is 23.6 Å². The number of pyridine rings is 1. The summed E-state index contributed by atoms with van der Waals surface area (Å²) in [4.78, 5) is 20.2. The molecule has 0 unspecified atom stereocenters. The number of carbonyl (C=O) groups excluding carboxylic acids is 1. The SMILES string of the molecule is O=C(CCN1C(=S)N[C@H](c2ccccn2)[C@@H]1c1cccs1)Nc1ccccc1. The standard InChI is InChI=1S/C21H20N4OS2/c26-18(23-15-7-2-1-3-8-15)11-13-25-20(17-10-6-14-28-17)19(24-21(25)27)16-9-4-5-12-22-16/h1-10,12,14,19-20H,11,13H2,(H,23,26)(H,24,27)/t19-,20+/m1/s1. The van der Waals surface area contributed by atoms with Crippen LogP contribution in [0.5, 0.6) is 0 Å². The zero-order valence-corrected chi connectivity index (χ0v) is 16.7. The maximum absolute atomic E-state index is 12.4. The number of anilines is 1. The van der Waals surface area contributed by atoms with Gasteiger partial charge >= 0.3 is 0 Å². The topological polar surface area (TPSA) is 57.3 Å². The monoisotopic (exact) mass is 408 g/mol. The van der Waals surface area contributed by atoms with Gasteiger partial charge in [-0.05, 0) is 47.9 Å². The van der Waals surface area contributed by atoms with E-state index in [1.165, 1.54) is 4.88 Å². The van der Waals surface area contributed by atoms with Gasteiger partial charge in [-0.25, -0.2) is 0 Å². The molecule has 0 aliphatic carbocycles. The zero-order valence-electron chi connectivity index (χ0n) is 15.1. The van der Waals surface area contributed by atoms with Gasteiger partial charge in [0.15, 0.2) is 5.11 Å². The minimum absolute atomic E-state index is 0.0203. The van der Waals surface area contributed by atoms with E-state index in [-0.39, 0.29) is 18.0 Å². The Hall–Kier alpha value is -2.77. The van der Waals surface area contributed by atoms with E-state index in [4.69, 9.17) is 12.2 Å². The van der Waals surface area contributed by atoms with Gasteiger partial charge in [0.05, 0.1) is 17.8 Å². The van der Waals surface area contributed by atoms with Gasteiger partial charge in [0.2, 0.25) is 5.91 Å². The molecule has 2 atom stereocenters. The number of hydrogen-bond donors (Lipinski definition) is 2. The lowest BCUT2D eigenvalue weighted by molar-refractivity contribution is -0.116. The molecule has 1 amide bonds. The van der Waals surface area contributed by atoms with Gasteiger partial charge in [-0.2, -0.15) is 0 Å². The number of carbonyl (C=O) groups is 1. The Morgan fingerprint density at radius 2 is 1.96 bits per heavy atom. The lowest BCUT2D eigenvalue weighted by Gasteiger charge is -2.26. The second-order valence-corrected chi connectivity index (χ2v) is 7.87. The fourth-order valence-corrected chi connectivity index (χ4v) is 4.59. The van der Waals surface area contributed by atoms with Crippen LogP contribution in [0.25, 0.3) is 0 Å². The predicted molar refractivity (Wildman–Crippen MR) is 116 cm³/mol. The third kappa shape index (κ3) is 4.05. The molecular weight excluding hydrogens is 388 g/mol. The van der Waals surface area contributed by atoms with Gasteiger partial charge in [-0.15, -0.1) is 11.3 Å². The first-order chi connectivity index (χ1) is 13.7. The predicted octanol–water partition coefficient (Wildman–Crippen LogP) is 4.14. The molecule has 2 aromatic heterocycles. The quantitative estimate of drug-likeness (QED) is 0.600. The van der Waals surface area contributed by atoms with Crippen LogP contribution in [0.2, 0.25) is 0 Å². The van der Waals surface area contributed by atoms with Crippen LogP contribution < -0.4 is 10.6 Å². The Morgan fingerprint density at radius 3 is 2.68 bits per heavy atom. The fraction of sp³-hybridized carbons (Fsp3) is 0.190. The number of nitrogens with zero attached hydrogens (tertiary/aromatic N) is 2. The summed E-state index contributed by atoms with van der Waals surface area (Å²) in [5.74, 6) is -0.0276. The minimum Gasteiger partial charge on any atom is -0.352 e. The van der Waals surface area contributed by atoms with Crippen molar-refractivity contribution in [2.45, 2.75) is 18.5 Å². The maximum atomic E-state index is 12.4. The number of thiocarbonyl (C=S) groups is 1. The Morgan fingerprint density at radius 1 is 1.14 bits per heavy atom. The largest absolute Gasteiger partial charge is 0.352 e. The molecule has 5 nitrogen and oxygen atoms in total. The summed E-state index contributed by atoms with van der Waals surface area (Å²) in [7, 11) is 0. The molecule has 28 heavy (non-hydrogen) atoms. The first-order valence-electron chi connectivity index (χ1n) is 9.09. The lowest BCUT2D eigenvalue weighted by Crippen LogP contribution is -2.32. The Labute approximate surface area is 173 Å². The van der Waals surface area contributed by atoms with Gasteiger partial charge in [0, 0.05) is 29.7 Å². The molecular formula is C21H20N4OS2. The summed E-state index contributed by atoms with van der Waals surface area (Å²) in [6, 6.07) is 19.5. The summed E-state index contributed by atoms with van der Waals surface area (Å²) in [5, 5.41) is 9.05. The zero-order chi connectivity index (χ0) is 19.3. The lowest BCUT2D eigenvalue weighted by atomic mass is 10.0. The van der Waals surface area contributed by atoms with Crippen LogP contribution in [-0.2, 0) is 4.79 Å². The van der Waals surface area contributed by atoms with Crippen LogP contribution in [0.1, 0.15) is 29.1 Å². The van der Waals surface area contributed by atoms with E-state index < -0.39 is 0 Å².